The van der Waals surface area contributed by atoms with Gasteiger partial charge in [-0.1, -0.05) is 48.0 Å². The summed E-state index contributed by atoms with van der Waals surface area (Å²) in [4.78, 5) is 10.7. The zero-order valence-electron chi connectivity index (χ0n) is 9.77. The van der Waals surface area contributed by atoms with Gasteiger partial charge in [-0.25, -0.2) is 0 Å². The summed E-state index contributed by atoms with van der Waals surface area (Å²) in [6.45, 7) is 0.0983. The number of benzene rings is 2. The third kappa shape index (κ3) is 2.61. The van der Waals surface area contributed by atoms with Crippen LogP contribution in [0.2, 0.25) is 5.02 Å². The summed E-state index contributed by atoms with van der Waals surface area (Å²) in [6.07, 6.45) is 1.36. The maximum absolute atomic E-state index is 10.7. The smallest absolute Gasteiger partial charge is 0.150 e. The summed E-state index contributed by atoms with van der Waals surface area (Å²) in [5.74, 6) is 0. The predicted octanol–water partition coefficient (Wildman–Crippen LogP) is 3.35. The van der Waals surface area contributed by atoms with Gasteiger partial charge in [0.05, 0.1) is 0 Å². The molecule has 0 aromatic heterocycles. The van der Waals surface area contributed by atoms with E-state index >= 15 is 0 Å². The van der Waals surface area contributed by atoms with E-state index in [2.05, 4.69) is 0 Å². The molecule has 0 spiro atoms. The van der Waals surface area contributed by atoms with E-state index in [9.17, 15) is 4.79 Å². The van der Waals surface area contributed by atoms with Gasteiger partial charge in [-0.05, 0) is 23.6 Å². The van der Waals surface area contributed by atoms with Gasteiger partial charge in [-0.15, -0.1) is 0 Å². The van der Waals surface area contributed by atoms with Gasteiger partial charge in [-0.2, -0.15) is 0 Å². The molecule has 0 saturated heterocycles. The first kappa shape index (κ1) is 12.8. The Kier molecular flexibility index (Phi) is 4.13. The van der Waals surface area contributed by atoms with E-state index in [4.69, 9.17) is 16.7 Å². The molecule has 0 saturated carbocycles. The van der Waals surface area contributed by atoms with E-state index in [0.717, 1.165) is 23.0 Å². The summed E-state index contributed by atoms with van der Waals surface area (Å²) in [6, 6.07) is 13.0. The van der Waals surface area contributed by atoms with Crippen LogP contribution in [0.3, 0.4) is 0 Å². The lowest BCUT2D eigenvalue weighted by atomic mass is 9.97. The van der Waals surface area contributed by atoms with Crippen molar-refractivity contribution in [3.8, 4) is 11.1 Å². The Morgan fingerprint density at radius 2 is 1.89 bits per heavy atom. The quantitative estimate of drug-likeness (QED) is 0.856. The molecule has 92 valence electrons. The van der Waals surface area contributed by atoms with Crippen molar-refractivity contribution < 1.29 is 9.90 Å². The Balaban J connectivity index is 2.51. The maximum atomic E-state index is 10.7. The van der Waals surface area contributed by atoms with Crippen LogP contribution in [0.4, 0.5) is 0 Å². The number of aliphatic hydroxyl groups excluding tert-OH is 1. The number of rotatable bonds is 4. The average molecular weight is 261 g/mol. The summed E-state index contributed by atoms with van der Waals surface area (Å²) in [5.41, 5.74) is 3.48. The molecule has 0 radical (unpaired) electrons. The number of halogens is 1. The van der Waals surface area contributed by atoms with Crippen LogP contribution in [-0.4, -0.2) is 18.0 Å². The van der Waals surface area contributed by atoms with Crippen LogP contribution in [0.25, 0.3) is 11.1 Å². The molecule has 0 unspecified atom stereocenters. The molecule has 1 N–H and O–H groups in total. The van der Waals surface area contributed by atoms with E-state index in [0.29, 0.717) is 17.0 Å². The minimum Gasteiger partial charge on any atom is -0.396 e. The molecule has 0 heterocycles. The van der Waals surface area contributed by atoms with Crippen molar-refractivity contribution in [2.75, 3.05) is 6.61 Å². The highest BCUT2D eigenvalue weighted by Gasteiger charge is 2.08. The lowest BCUT2D eigenvalue weighted by Crippen LogP contribution is -1.94. The first-order chi connectivity index (χ1) is 8.76. The van der Waals surface area contributed by atoms with E-state index in [-0.39, 0.29) is 6.61 Å². The molecule has 0 aliphatic heterocycles. The van der Waals surface area contributed by atoms with E-state index in [1.165, 1.54) is 0 Å². The monoisotopic (exact) mass is 260 g/mol. The standard InChI is InChI=1S/C15H13ClO2/c16-15-9-11(10-18)5-6-14(15)13-4-2-1-3-12(13)7-8-17/h1-6,9-10,17H,7-8H2. The fourth-order valence-electron chi connectivity index (χ4n) is 1.94. The van der Waals surface area contributed by atoms with E-state index < -0.39 is 0 Å². The van der Waals surface area contributed by atoms with Crippen molar-refractivity contribution in [2.45, 2.75) is 6.42 Å². The molecule has 0 amide bonds. The third-order valence-corrected chi connectivity index (χ3v) is 3.13. The number of hydrogen-bond acceptors (Lipinski definition) is 2. The molecular formula is C15H13ClO2. The molecule has 0 aliphatic rings. The Hall–Kier alpha value is -1.64. The minimum atomic E-state index is 0.0983. The zero-order chi connectivity index (χ0) is 13.0. The number of carbonyl (C=O) groups is 1. The maximum Gasteiger partial charge on any atom is 0.150 e. The van der Waals surface area contributed by atoms with Gasteiger partial charge in [0.2, 0.25) is 0 Å². The molecule has 0 bridgehead atoms. The van der Waals surface area contributed by atoms with Gasteiger partial charge in [-0.3, -0.25) is 4.79 Å². The van der Waals surface area contributed by atoms with Crippen molar-refractivity contribution >= 4 is 17.9 Å². The van der Waals surface area contributed by atoms with Gasteiger partial charge < -0.3 is 5.11 Å². The van der Waals surface area contributed by atoms with Crippen molar-refractivity contribution in [3.05, 3.63) is 58.6 Å². The van der Waals surface area contributed by atoms with Crippen molar-refractivity contribution in [1.82, 2.24) is 0 Å². The van der Waals surface area contributed by atoms with Crippen LogP contribution < -0.4 is 0 Å². The molecule has 2 aromatic rings. The first-order valence-corrected chi connectivity index (χ1v) is 6.08. The van der Waals surface area contributed by atoms with E-state index in [1.807, 2.05) is 30.3 Å². The molecule has 3 heteroatoms. The zero-order valence-corrected chi connectivity index (χ0v) is 10.5. The van der Waals surface area contributed by atoms with Gasteiger partial charge in [0, 0.05) is 22.8 Å². The normalized spacial score (nSPS) is 10.3. The number of carbonyl (C=O) groups excluding carboxylic acids is 1. The van der Waals surface area contributed by atoms with Crippen LogP contribution >= 0.6 is 11.6 Å². The topological polar surface area (TPSA) is 37.3 Å². The van der Waals surface area contributed by atoms with Gasteiger partial charge in [0.25, 0.3) is 0 Å². The molecule has 2 rings (SSSR count). The van der Waals surface area contributed by atoms with Crippen molar-refractivity contribution in [2.24, 2.45) is 0 Å². The lowest BCUT2D eigenvalue weighted by molar-refractivity contribution is 0.112. The summed E-state index contributed by atoms with van der Waals surface area (Å²) in [5, 5.41) is 9.61. The largest absolute Gasteiger partial charge is 0.396 e. The van der Waals surface area contributed by atoms with Crippen molar-refractivity contribution in [1.29, 1.82) is 0 Å². The Morgan fingerprint density at radius 3 is 2.56 bits per heavy atom. The first-order valence-electron chi connectivity index (χ1n) is 5.70. The van der Waals surface area contributed by atoms with E-state index in [1.54, 1.807) is 12.1 Å². The summed E-state index contributed by atoms with van der Waals surface area (Å²) >= 11 is 6.19. The molecule has 2 nitrogen and oxygen atoms in total. The molecule has 2 aromatic carbocycles. The Labute approximate surface area is 111 Å². The van der Waals surface area contributed by atoms with Gasteiger partial charge in [0.1, 0.15) is 6.29 Å². The molecule has 0 aliphatic carbocycles. The van der Waals surface area contributed by atoms with Crippen molar-refractivity contribution in [3.63, 3.8) is 0 Å². The summed E-state index contributed by atoms with van der Waals surface area (Å²) in [7, 11) is 0. The highest BCUT2D eigenvalue weighted by atomic mass is 35.5. The number of aliphatic hydroxyl groups is 1. The second-order valence-electron chi connectivity index (χ2n) is 3.99. The van der Waals surface area contributed by atoms with Gasteiger partial charge >= 0.3 is 0 Å². The second kappa shape index (κ2) is 5.80. The minimum absolute atomic E-state index is 0.0983. The second-order valence-corrected chi connectivity index (χ2v) is 4.40. The molecule has 18 heavy (non-hydrogen) atoms. The molecular weight excluding hydrogens is 248 g/mol. The molecule has 0 fully saturated rings. The average Bonchev–Trinajstić information content (AvgIpc) is 2.40. The van der Waals surface area contributed by atoms with Crippen LogP contribution in [0.15, 0.2) is 42.5 Å². The van der Waals surface area contributed by atoms with Gasteiger partial charge in [0.15, 0.2) is 0 Å². The fourth-order valence-corrected chi connectivity index (χ4v) is 2.24. The number of aldehydes is 1. The van der Waals surface area contributed by atoms with Crippen LogP contribution in [0, 0.1) is 0 Å². The number of hydrogen-bond donors (Lipinski definition) is 1. The Bertz CT molecular complexity index is 564. The van der Waals surface area contributed by atoms with Crippen LogP contribution in [0.1, 0.15) is 15.9 Å². The molecule has 0 atom stereocenters. The van der Waals surface area contributed by atoms with Crippen LogP contribution in [-0.2, 0) is 6.42 Å². The highest BCUT2D eigenvalue weighted by molar-refractivity contribution is 6.33. The predicted molar refractivity (Wildman–Crippen MR) is 73.1 cm³/mol. The fraction of sp³-hybridized carbons (Fsp3) is 0.133. The van der Waals surface area contributed by atoms with Crippen LogP contribution in [0.5, 0.6) is 0 Å². The SMILES string of the molecule is O=Cc1ccc(-c2ccccc2CCO)c(Cl)c1. The Morgan fingerprint density at radius 1 is 1.11 bits per heavy atom. The summed E-state index contributed by atoms with van der Waals surface area (Å²) < 4.78 is 0. The third-order valence-electron chi connectivity index (χ3n) is 2.82. The highest BCUT2D eigenvalue weighted by Crippen LogP contribution is 2.31. The lowest BCUT2D eigenvalue weighted by Gasteiger charge is -2.10.